The highest BCUT2D eigenvalue weighted by Crippen LogP contribution is 2.53. The Morgan fingerprint density at radius 1 is 1.07 bits per heavy atom. The Labute approximate surface area is 255 Å². The number of phenolic OH excluding ortho intramolecular Hbond substituents is 1. The van der Waals surface area contributed by atoms with Gasteiger partial charge in [-0.15, -0.1) is 0 Å². The fourth-order valence-corrected chi connectivity index (χ4v) is 7.63. The van der Waals surface area contributed by atoms with Gasteiger partial charge < -0.3 is 31.5 Å². The summed E-state index contributed by atoms with van der Waals surface area (Å²) in [6, 6.07) is 12.8. The second-order valence-corrected chi connectivity index (χ2v) is 12.6. The number of anilines is 1. The van der Waals surface area contributed by atoms with Gasteiger partial charge in [-0.1, -0.05) is 36.4 Å². The van der Waals surface area contributed by atoms with Crippen LogP contribution in [0.3, 0.4) is 0 Å². The van der Waals surface area contributed by atoms with E-state index in [9.17, 15) is 34.8 Å². The molecule has 44 heavy (non-hydrogen) atoms. The van der Waals surface area contributed by atoms with Crippen molar-refractivity contribution in [2.24, 2.45) is 17.6 Å². The van der Waals surface area contributed by atoms with Crippen molar-refractivity contribution in [3.8, 4) is 5.75 Å². The average Bonchev–Trinajstić information content (AvgIpc) is 2.97. The molecule has 1 heterocycles. The number of ketones is 2. The summed E-state index contributed by atoms with van der Waals surface area (Å²) in [6.07, 6.45) is 2.03. The topological polar surface area (TPSA) is 177 Å². The van der Waals surface area contributed by atoms with Gasteiger partial charge in [0.15, 0.2) is 11.4 Å². The Hall–Kier alpha value is -4.19. The average molecular weight is 603 g/mol. The number of aliphatic hydroxyl groups excluding tert-OH is 2. The number of phenols is 1. The van der Waals surface area contributed by atoms with Gasteiger partial charge in [-0.25, -0.2) is 0 Å². The zero-order chi connectivity index (χ0) is 31.5. The zero-order valence-corrected chi connectivity index (χ0v) is 24.8. The Morgan fingerprint density at radius 2 is 1.75 bits per heavy atom. The first-order valence-corrected chi connectivity index (χ1v) is 15.0. The molecule has 2 fully saturated rings. The largest absolute Gasteiger partial charge is 0.508 e. The number of nitrogens with one attached hydrogen (secondary N) is 1. The smallest absolute Gasteiger partial charge is 0.255 e. The van der Waals surface area contributed by atoms with Crippen molar-refractivity contribution in [1.82, 2.24) is 9.80 Å². The van der Waals surface area contributed by atoms with Crippen LogP contribution in [0.25, 0.3) is 5.76 Å². The molecule has 0 bridgehead atoms. The van der Waals surface area contributed by atoms with E-state index in [0.29, 0.717) is 11.3 Å². The van der Waals surface area contributed by atoms with E-state index in [0.717, 1.165) is 32.5 Å². The number of hydrogen-bond donors (Lipinski definition) is 6. The fourth-order valence-electron chi connectivity index (χ4n) is 7.63. The summed E-state index contributed by atoms with van der Waals surface area (Å²) in [4.78, 5) is 43.3. The predicted molar refractivity (Wildman–Crippen MR) is 163 cm³/mol. The molecular weight excluding hydrogens is 564 g/mol. The minimum absolute atomic E-state index is 0.0636. The molecule has 1 aliphatic heterocycles. The number of rotatable bonds is 6. The maximum atomic E-state index is 14.0. The van der Waals surface area contributed by atoms with Crippen LogP contribution in [0.4, 0.5) is 5.69 Å². The van der Waals surface area contributed by atoms with Crippen molar-refractivity contribution in [3.05, 3.63) is 76.1 Å². The molecule has 4 aliphatic rings. The molecule has 11 nitrogen and oxygen atoms in total. The summed E-state index contributed by atoms with van der Waals surface area (Å²) in [7, 11) is 3.15. The number of nitrogens with two attached hydrogens (primary N) is 1. The summed E-state index contributed by atoms with van der Waals surface area (Å²) < 4.78 is 0. The van der Waals surface area contributed by atoms with E-state index >= 15 is 0 Å². The number of benzene rings is 2. The Balaban J connectivity index is 1.28. The van der Waals surface area contributed by atoms with Crippen molar-refractivity contribution >= 4 is 28.9 Å². The number of fused-ring (bicyclic) bond motifs is 3. The van der Waals surface area contributed by atoms with E-state index in [4.69, 9.17) is 5.73 Å². The van der Waals surface area contributed by atoms with E-state index in [1.165, 1.54) is 10.5 Å². The fraction of sp³-hybridized carbons (Fsp3) is 0.424. The molecule has 1 amide bonds. The Morgan fingerprint density at radius 3 is 2.39 bits per heavy atom. The lowest BCUT2D eigenvalue weighted by Crippen LogP contribution is -2.65. The molecular formula is C33H38N4O7. The third-order valence-corrected chi connectivity index (χ3v) is 9.79. The molecule has 0 unspecified atom stereocenters. The molecule has 2 aromatic rings. The molecule has 0 spiro atoms. The van der Waals surface area contributed by atoms with Crippen LogP contribution in [0.15, 0.2) is 59.4 Å². The maximum Gasteiger partial charge on any atom is 0.255 e. The minimum atomic E-state index is -2.65. The molecule has 11 heteroatoms. The Kier molecular flexibility index (Phi) is 7.51. The molecule has 6 rings (SSSR count). The number of primary amides is 1. The lowest BCUT2D eigenvalue weighted by atomic mass is 9.57. The van der Waals surface area contributed by atoms with Gasteiger partial charge in [-0.3, -0.25) is 24.2 Å². The third kappa shape index (κ3) is 4.66. The SMILES string of the molecule is CN(C)[C@@H]1C(=O)C(C(N)=O)=C(O)[C@@]2(O)C(=O)C3=C(O)c4c(ccc(NC5CCN(Cc6ccccc6)CC5)c4O)C[C@H]3C[C@@H]12. The highest BCUT2D eigenvalue weighted by atomic mass is 16.3. The number of carbonyl (C=O) groups excluding carboxylic acids is 3. The van der Waals surface area contributed by atoms with Crippen molar-refractivity contribution in [3.63, 3.8) is 0 Å². The molecule has 2 aromatic carbocycles. The quantitative estimate of drug-likeness (QED) is 0.212. The first-order chi connectivity index (χ1) is 20.9. The van der Waals surface area contributed by atoms with Gasteiger partial charge in [0, 0.05) is 37.2 Å². The zero-order valence-electron chi connectivity index (χ0n) is 24.8. The molecule has 0 radical (unpaired) electrons. The van der Waals surface area contributed by atoms with Crippen molar-refractivity contribution in [2.75, 3.05) is 32.5 Å². The van der Waals surface area contributed by atoms with Crippen molar-refractivity contribution in [2.45, 2.75) is 49.9 Å². The van der Waals surface area contributed by atoms with Gasteiger partial charge >= 0.3 is 0 Å². The van der Waals surface area contributed by atoms with Crippen LogP contribution >= 0.6 is 0 Å². The maximum absolute atomic E-state index is 14.0. The summed E-state index contributed by atoms with van der Waals surface area (Å²) in [6.45, 7) is 2.63. The molecule has 1 saturated carbocycles. The van der Waals surface area contributed by atoms with E-state index in [1.54, 1.807) is 26.2 Å². The van der Waals surface area contributed by atoms with Gasteiger partial charge in [0.2, 0.25) is 5.78 Å². The molecule has 232 valence electrons. The summed E-state index contributed by atoms with van der Waals surface area (Å²) in [5.74, 6) is -6.51. The lowest BCUT2D eigenvalue weighted by molar-refractivity contribution is -0.153. The molecule has 4 atom stereocenters. The third-order valence-electron chi connectivity index (χ3n) is 9.79. The van der Waals surface area contributed by atoms with Crippen LogP contribution in [-0.2, 0) is 27.3 Å². The molecule has 0 aromatic heterocycles. The van der Waals surface area contributed by atoms with Gasteiger partial charge in [-0.2, -0.15) is 0 Å². The van der Waals surface area contributed by atoms with E-state index < -0.39 is 58.0 Å². The first-order valence-electron chi connectivity index (χ1n) is 15.0. The predicted octanol–water partition coefficient (Wildman–Crippen LogP) is 2.04. The number of aliphatic hydroxyl groups is 3. The van der Waals surface area contributed by atoms with Gasteiger partial charge in [0.1, 0.15) is 22.8 Å². The second kappa shape index (κ2) is 11.1. The standard InChI is InChI=1S/C33H38N4O7/c1-36(2)26-21-15-19-14-18-8-9-22(35-20-10-12-37(13-11-20)16-17-6-4-3-5-7-17)27(38)23(18)28(39)24(19)30(41)33(21,44)31(42)25(29(26)40)32(34)43/h3-9,19-21,26,35,38-39,42,44H,10-16H2,1-2H3,(H2,34,43)/t19-,21-,26-,33-/m0/s1. The van der Waals surface area contributed by atoms with Crippen LogP contribution in [0.2, 0.25) is 0 Å². The number of Topliss-reactive ketones (excluding diaryl/α,β-unsaturated/α-hetero) is 2. The first kappa shape index (κ1) is 29.9. The van der Waals surface area contributed by atoms with Crippen molar-refractivity contribution < 1.29 is 34.8 Å². The monoisotopic (exact) mass is 602 g/mol. The normalized spacial score (nSPS) is 27.7. The second-order valence-electron chi connectivity index (χ2n) is 12.6. The number of amides is 1. The van der Waals surface area contributed by atoms with Gasteiger partial charge in [0.25, 0.3) is 5.91 Å². The van der Waals surface area contributed by atoms with Crippen molar-refractivity contribution in [1.29, 1.82) is 0 Å². The highest BCUT2D eigenvalue weighted by Gasteiger charge is 2.64. The van der Waals surface area contributed by atoms with Crippen LogP contribution in [0, 0.1) is 11.8 Å². The number of nitrogens with zero attached hydrogens (tertiary/aromatic N) is 2. The molecule has 1 saturated heterocycles. The number of likely N-dealkylation sites (N-methyl/N-ethyl adjacent to an activating group) is 1. The van der Waals surface area contributed by atoms with E-state index in [2.05, 4.69) is 22.3 Å². The van der Waals surface area contributed by atoms with Crippen LogP contribution < -0.4 is 11.1 Å². The number of aromatic hydroxyl groups is 1. The Bertz CT molecular complexity index is 1590. The van der Waals surface area contributed by atoms with E-state index in [1.807, 2.05) is 18.2 Å². The molecule has 3 aliphatic carbocycles. The lowest BCUT2D eigenvalue weighted by Gasteiger charge is -2.50. The van der Waals surface area contributed by atoms with Crippen LogP contribution in [0.1, 0.15) is 36.0 Å². The van der Waals surface area contributed by atoms with Crippen LogP contribution in [-0.4, -0.2) is 92.6 Å². The summed E-state index contributed by atoms with van der Waals surface area (Å²) in [5, 5.41) is 49.0. The number of carbonyl (C=O) groups is 3. The number of likely N-dealkylation sites (tertiary alicyclic amines) is 1. The van der Waals surface area contributed by atoms with Gasteiger partial charge in [0.05, 0.1) is 17.3 Å². The van der Waals surface area contributed by atoms with Gasteiger partial charge in [-0.05, 0) is 62.9 Å². The van der Waals surface area contributed by atoms with Crippen LogP contribution in [0.5, 0.6) is 5.75 Å². The minimum Gasteiger partial charge on any atom is -0.508 e. The number of piperidine rings is 1. The number of hydrogen-bond acceptors (Lipinski definition) is 10. The summed E-state index contributed by atoms with van der Waals surface area (Å²) in [5.41, 5.74) is 4.16. The summed E-state index contributed by atoms with van der Waals surface area (Å²) >= 11 is 0. The van der Waals surface area contributed by atoms with E-state index in [-0.39, 0.29) is 35.8 Å². The molecule has 7 N–H and O–H groups in total. The highest BCUT2D eigenvalue weighted by molar-refractivity contribution is 6.24.